The number of ether oxygens (including phenoxy) is 1. The first-order valence-electron chi connectivity index (χ1n) is 11.5. The normalized spacial score (nSPS) is 21.7. The maximum Gasteiger partial charge on any atom is 0.260 e. The fraction of sp³-hybridized carbons (Fsp3) is 0.333. The van der Waals surface area contributed by atoms with Gasteiger partial charge in [0.25, 0.3) is 11.8 Å². The molecule has 0 bridgehead atoms. The van der Waals surface area contributed by atoms with Gasteiger partial charge in [0.2, 0.25) is 0 Å². The molecular formula is C27H27FN2O4. The van der Waals surface area contributed by atoms with Crippen LogP contribution in [0.15, 0.2) is 54.3 Å². The van der Waals surface area contributed by atoms with Crippen LogP contribution in [0.4, 0.5) is 10.1 Å². The number of fused-ring (bicyclic) bond motifs is 1. The maximum absolute atomic E-state index is 13.6. The molecule has 5 rings (SSSR count). The molecule has 0 saturated carbocycles. The highest BCUT2D eigenvalue weighted by atomic mass is 19.1. The third-order valence-electron chi connectivity index (χ3n) is 6.86. The number of benzene rings is 2. The number of carbonyl (C=O) groups is 2. The highest BCUT2D eigenvalue weighted by Gasteiger charge is 2.38. The Labute approximate surface area is 197 Å². The van der Waals surface area contributed by atoms with Crippen LogP contribution in [-0.2, 0) is 9.53 Å². The number of aliphatic hydroxyl groups is 1. The molecule has 0 aliphatic carbocycles. The highest BCUT2D eigenvalue weighted by Crippen LogP contribution is 2.44. The topological polar surface area (TPSA) is 78.9 Å². The average Bonchev–Trinajstić information content (AvgIpc) is 3.32. The van der Waals surface area contributed by atoms with Gasteiger partial charge >= 0.3 is 0 Å². The van der Waals surface area contributed by atoms with Gasteiger partial charge in [0.05, 0.1) is 11.3 Å². The molecule has 2 N–H and O–H groups in total. The summed E-state index contributed by atoms with van der Waals surface area (Å²) in [6.45, 7) is 5.33. The molecule has 6 nitrogen and oxygen atoms in total. The van der Waals surface area contributed by atoms with Gasteiger partial charge in [0.15, 0.2) is 0 Å². The number of hydrogen-bond acceptors (Lipinski definition) is 4. The van der Waals surface area contributed by atoms with E-state index in [0.29, 0.717) is 41.2 Å². The summed E-state index contributed by atoms with van der Waals surface area (Å²) in [5.41, 5.74) is 3.14. The lowest BCUT2D eigenvalue weighted by molar-refractivity contribution is -0.111. The van der Waals surface area contributed by atoms with E-state index in [2.05, 4.69) is 5.32 Å². The fourth-order valence-corrected chi connectivity index (χ4v) is 4.90. The molecule has 0 atom stereocenters. The van der Waals surface area contributed by atoms with Crippen molar-refractivity contribution >= 4 is 28.6 Å². The number of nitrogens with one attached hydrogen (secondary N) is 1. The first kappa shape index (κ1) is 22.3. The molecule has 2 amide bonds. The molecule has 3 heterocycles. The third-order valence-corrected chi connectivity index (χ3v) is 6.86. The van der Waals surface area contributed by atoms with Gasteiger partial charge in [-0.3, -0.25) is 9.59 Å². The molecule has 0 aromatic heterocycles. The molecule has 1 saturated heterocycles. The summed E-state index contributed by atoms with van der Waals surface area (Å²) in [5, 5.41) is 12.0. The highest BCUT2D eigenvalue weighted by molar-refractivity contribution is 6.32. The van der Waals surface area contributed by atoms with Gasteiger partial charge in [-0.15, -0.1) is 0 Å². The number of piperidine rings is 1. The van der Waals surface area contributed by atoms with E-state index in [-0.39, 0.29) is 24.3 Å². The van der Waals surface area contributed by atoms with E-state index in [1.165, 1.54) is 12.1 Å². The van der Waals surface area contributed by atoms with Crippen molar-refractivity contribution in [2.75, 3.05) is 25.0 Å². The Kier molecular flexibility index (Phi) is 5.52. The van der Waals surface area contributed by atoms with Crippen LogP contribution in [-0.4, -0.2) is 47.1 Å². The van der Waals surface area contributed by atoms with Crippen LogP contribution in [0.25, 0.3) is 11.1 Å². The molecule has 7 heteroatoms. The fourth-order valence-electron chi connectivity index (χ4n) is 4.90. The lowest BCUT2D eigenvalue weighted by Crippen LogP contribution is -2.39. The van der Waals surface area contributed by atoms with E-state index in [0.717, 1.165) is 24.0 Å². The minimum absolute atomic E-state index is 0.00637. The van der Waals surface area contributed by atoms with E-state index in [4.69, 9.17) is 4.74 Å². The lowest BCUT2D eigenvalue weighted by atomic mass is 9.91. The summed E-state index contributed by atoms with van der Waals surface area (Å²) < 4.78 is 19.8. The first-order valence-corrected chi connectivity index (χ1v) is 11.5. The van der Waals surface area contributed by atoms with Crippen molar-refractivity contribution in [1.29, 1.82) is 0 Å². The smallest absolute Gasteiger partial charge is 0.260 e. The Morgan fingerprint density at radius 2 is 1.88 bits per heavy atom. The van der Waals surface area contributed by atoms with Crippen LogP contribution >= 0.6 is 0 Å². The number of aliphatic hydroxyl groups excluding tert-OH is 1. The standard InChI is InChI=1S/C27H27FN2O4/c1-27(2)21(14-23(34-27)24-20-8-7-19(28)13-22(20)29-25(24)32)17-3-5-18(6-4-17)26(33)30-11-9-16(15-31)10-12-30/h3-8,13-14,16,31H,9-12,15H2,1-2H3,(H,29,32). The number of likely N-dealkylation sites (tertiary alicyclic amines) is 1. The van der Waals surface area contributed by atoms with Gasteiger partial charge in [-0.05, 0) is 74.6 Å². The van der Waals surface area contributed by atoms with Gasteiger partial charge in [-0.2, -0.15) is 0 Å². The summed E-state index contributed by atoms with van der Waals surface area (Å²) in [5.74, 6) is -0.0291. The number of hydrogen-bond donors (Lipinski definition) is 2. The number of amides is 2. The van der Waals surface area contributed by atoms with Crippen LogP contribution in [0.2, 0.25) is 0 Å². The van der Waals surface area contributed by atoms with Crippen LogP contribution in [0.3, 0.4) is 0 Å². The van der Waals surface area contributed by atoms with E-state index in [9.17, 15) is 19.1 Å². The number of carbonyl (C=O) groups excluding carboxylic acids is 2. The molecule has 3 aliphatic heterocycles. The van der Waals surface area contributed by atoms with Crippen molar-refractivity contribution in [3.05, 3.63) is 76.8 Å². The summed E-state index contributed by atoms with van der Waals surface area (Å²) in [6.07, 6.45) is 3.49. The number of halogens is 1. The largest absolute Gasteiger partial charge is 0.482 e. The molecule has 2 aromatic carbocycles. The molecule has 1 fully saturated rings. The average molecular weight is 463 g/mol. The zero-order valence-electron chi connectivity index (χ0n) is 19.2. The van der Waals surface area contributed by atoms with Gasteiger partial charge in [-0.25, -0.2) is 4.39 Å². The summed E-state index contributed by atoms with van der Waals surface area (Å²) >= 11 is 0. The predicted octanol–water partition coefficient (Wildman–Crippen LogP) is 4.23. The van der Waals surface area contributed by atoms with Crippen molar-refractivity contribution in [2.45, 2.75) is 32.3 Å². The van der Waals surface area contributed by atoms with E-state index >= 15 is 0 Å². The van der Waals surface area contributed by atoms with Crippen LogP contribution < -0.4 is 5.32 Å². The summed E-state index contributed by atoms with van der Waals surface area (Å²) in [6, 6.07) is 11.6. The molecule has 0 spiro atoms. The van der Waals surface area contributed by atoms with Crippen LogP contribution in [0.5, 0.6) is 0 Å². The zero-order chi connectivity index (χ0) is 24.0. The maximum atomic E-state index is 13.6. The second-order valence-corrected chi connectivity index (χ2v) is 9.55. The Bertz CT molecular complexity index is 1220. The van der Waals surface area contributed by atoms with Gasteiger partial charge in [0.1, 0.15) is 17.2 Å². The first-order chi connectivity index (χ1) is 16.3. The minimum Gasteiger partial charge on any atom is -0.482 e. The molecule has 176 valence electrons. The zero-order valence-corrected chi connectivity index (χ0v) is 19.2. The second kappa shape index (κ2) is 8.40. The Morgan fingerprint density at radius 3 is 2.56 bits per heavy atom. The van der Waals surface area contributed by atoms with Crippen molar-refractivity contribution in [1.82, 2.24) is 4.90 Å². The number of rotatable bonds is 3. The quantitative estimate of drug-likeness (QED) is 0.670. The lowest BCUT2D eigenvalue weighted by Gasteiger charge is -2.31. The minimum atomic E-state index is -0.691. The third kappa shape index (κ3) is 3.90. The molecule has 3 aliphatic rings. The SMILES string of the molecule is CC1(C)OC(=C2C(=O)Nc3cc(F)ccc32)C=C1c1ccc(C(=O)N2CCC(CO)CC2)cc1. The van der Waals surface area contributed by atoms with E-state index in [1.807, 2.05) is 49.1 Å². The molecular weight excluding hydrogens is 435 g/mol. The number of nitrogens with zero attached hydrogens (tertiary/aromatic N) is 1. The van der Waals surface area contributed by atoms with Crippen molar-refractivity contribution in [3.8, 4) is 0 Å². The molecule has 0 unspecified atom stereocenters. The predicted molar refractivity (Wildman–Crippen MR) is 127 cm³/mol. The molecule has 0 radical (unpaired) electrons. The monoisotopic (exact) mass is 462 g/mol. The Hall–Kier alpha value is -3.45. The van der Waals surface area contributed by atoms with Crippen LogP contribution in [0.1, 0.15) is 48.2 Å². The van der Waals surface area contributed by atoms with Crippen molar-refractivity contribution in [2.24, 2.45) is 5.92 Å². The van der Waals surface area contributed by atoms with Gasteiger partial charge in [-0.1, -0.05) is 12.1 Å². The Morgan fingerprint density at radius 1 is 1.18 bits per heavy atom. The summed E-state index contributed by atoms with van der Waals surface area (Å²) in [4.78, 5) is 27.4. The van der Waals surface area contributed by atoms with E-state index in [1.54, 1.807) is 6.07 Å². The molecule has 34 heavy (non-hydrogen) atoms. The summed E-state index contributed by atoms with van der Waals surface area (Å²) in [7, 11) is 0. The van der Waals surface area contributed by atoms with Crippen molar-refractivity contribution < 1.29 is 23.8 Å². The molecule has 2 aromatic rings. The second-order valence-electron chi connectivity index (χ2n) is 9.55. The van der Waals surface area contributed by atoms with E-state index < -0.39 is 11.4 Å². The number of anilines is 1. The van der Waals surface area contributed by atoms with Crippen molar-refractivity contribution in [3.63, 3.8) is 0 Å². The van der Waals surface area contributed by atoms with Crippen LogP contribution in [0, 0.1) is 11.7 Å². The van der Waals surface area contributed by atoms with Gasteiger partial charge < -0.3 is 20.1 Å². The Balaban J connectivity index is 1.42. The number of allylic oxidation sites excluding steroid dienone is 1. The van der Waals surface area contributed by atoms with Gasteiger partial charge in [0, 0.05) is 36.4 Å².